The third-order valence-corrected chi connectivity index (χ3v) is 3.65. The number of fused-ring (bicyclic) bond motifs is 6. The monoisotopic (exact) mass is 256 g/mol. The van der Waals surface area contributed by atoms with Crippen molar-refractivity contribution < 1.29 is 0 Å². The molecule has 0 nitrogen and oxygen atoms in total. The first-order valence-electron chi connectivity index (χ1n) is 6.23. The van der Waals surface area contributed by atoms with Gasteiger partial charge in [-0.2, -0.15) is 0 Å². The average Bonchev–Trinajstić information content (AvgIpc) is 2.48. The summed E-state index contributed by atoms with van der Waals surface area (Å²) in [6.45, 7) is 0. The van der Waals surface area contributed by atoms with E-state index in [1.54, 1.807) is 0 Å². The smallest absolute Gasteiger partial charge is 0 e. The second-order valence-electron chi connectivity index (χ2n) is 4.64. The highest BCUT2D eigenvalue weighted by Crippen LogP contribution is 2.34. The number of hydrogen-bond donors (Lipinski definition) is 0. The summed E-state index contributed by atoms with van der Waals surface area (Å²) in [7, 11) is 0. The minimum atomic E-state index is 0. The van der Waals surface area contributed by atoms with Gasteiger partial charge in [0.2, 0.25) is 0 Å². The zero-order valence-corrected chi connectivity index (χ0v) is 11.4. The molecule has 4 radical (unpaired) electrons. The van der Waals surface area contributed by atoms with Gasteiger partial charge in [-0.3, -0.25) is 0 Å². The van der Waals surface area contributed by atoms with Gasteiger partial charge in [0, 0.05) is 11.0 Å². The summed E-state index contributed by atoms with van der Waals surface area (Å²) in [5.74, 6) is 0. The molecule has 4 rings (SSSR count). The summed E-state index contributed by atoms with van der Waals surface area (Å²) in [5.41, 5.74) is 0. The van der Waals surface area contributed by atoms with Crippen LogP contribution in [0.4, 0.5) is 0 Å². The molecule has 0 N–H and O–H groups in total. The molecule has 0 fully saturated rings. The van der Waals surface area contributed by atoms with Crippen molar-refractivity contribution >= 4 is 43.3 Å². The molecule has 0 aromatic heterocycles. The van der Waals surface area contributed by atoms with Crippen LogP contribution in [0.15, 0.2) is 72.8 Å². The molecule has 0 heterocycles. The largest absolute Gasteiger partial charge is 0.0616 e. The molecule has 0 aliphatic carbocycles. The second-order valence-corrected chi connectivity index (χ2v) is 4.64. The molecule has 0 aliphatic rings. The number of benzene rings is 4. The highest BCUT2D eigenvalue weighted by atomic mass is 28.1. The topological polar surface area (TPSA) is 0 Å². The minimum absolute atomic E-state index is 0. The van der Waals surface area contributed by atoms with Gasteiger partial charge in [0.05, 0.1) is 0 Å². The quantitative estimate of drug-likeness (QED) is 0.314. The van der Waals surface area contributed by atoms with Gasteiger partial charge >= 0.3 is 0 Å². The van der Waals surface area contributed by atoms with Crippen LogP contribution in [0.5, 0.6) is 0 Å². The van der Waals surface area contributed by atoms with E-state index in [9.17, 15) is 0 Å². The van der Waals surface area contributed by atoms with Crippen LogP contribution < -0.4 is 0 Å². The predicted molar refractivity (Wildman–Crippen MR) is 84.7 cm³/mol. The molecule has 0 amide bonds. The first-order valence-corrected chi connectivity index (χ1v) is 6.23. The van der Waals surface area contributed by atoms with E-state index in [0.717, 1.165) is 0 Å². The normalized spacial score (nSPS) is 10.7. The van der Waals surface area contributed by atoms with E-state index in [1.807, 2.05) is 0 Å². The van der Waals surface area contributed by atoms with Gasteiger partial charge in [-0.1, -0.05) is 72.8 Å². The fraction of sp³-hybridized carbons (Fsp3) is 0. The number of rotatable bonds is 0. The van der Waals surface area contributed by atoms with Crippen molar-refractivity contribution in [2.45, 2.75) is 0 Å². The molecular formula is C18H12Si. The summed E-state index contributed by atoms with van der Waals surface area (Å²) in [6.07, 6.45) is 0. The molecule has 0 bridgehead atoms. The Kier molecular flexibility index (Phi) is 2.84. The van der Waals surface area contributed by atoms with E-state index in [0.29, 0.717) is 0 Å². The Labute approximate surface area is 116 Å². The Hall–Kier alpha value is -2.12. The van der Waals surface area contributed by atoms with Crippen molar-refractivity contribution in [3.05, 3.63) is 72.8 Å². The average molecular weight is 256 g/mol. The molecule has 88 valence electrons. The Morgan fingerprint density at radius 1 is 0.316 bits per heavy atom. The van der Waals surface area contributed by atoms with E-state index in [1.165, 1.54) is 32.3 Å². The van der Waals surface area contributed by atoms with Crippen LogP contribution in [0.25, 0.3) is 32.3 Å². The van der Waals surface area contributed by atoms with Crippen LogP contribution in [0.2, 0.25) is 0 Å². The highest BCUT2D eigenvalue weighted by molar-refractivity contribution is 6.25. The van der Waals surface area contributed by atoms with Crippen molar-refractivity contribution in [3.8, 4) is 0 Å². The molecular weight excluding hydrogens is 244 g/mol. The summed E-state index contributed by atoms with van der Waals surface area (Å²) in [5, 5.41) is 8.04. The molecule has 0 atom stereocenters. The maximum Gasteiger partial charge on any atom is 0 e. The second kappa shape index (κ2) is 4.52. The fourth-order valence-electron chi connectivity index (χ4n) is 2.86. The van der Waals surface area contributed by atoms with Crippen LogP contribution in [-0.2, 0) is 0 Å². The van der Waals surface area contributed by atoms with Crippen molar-refractivity contribution in [1.82, 2.24) is 0 Å². The first-order chi connectivity index (χ1) is 8.95. The molecule has 0 saturated heterocycles. The molecule has 4 aromatic carbocycles. The molecule has 0 spiro atoms. The lowest BCUT2D eigenvalue weighted by atomic mass is 9.95. The van der Waals surface area contributed by atoms with E-state index in [4.69, 9.17) is 0 Å². The van der Waals surface area contributed by atoms with E-state index < -0.39 is 0 Å². The highest BCUT2D eigenvalue weighted by Gasteiger charge is 2.06. The molecule has 0 unspecified atom stereocenters. The van der Waals surface area contributed by atoms with Gasteiger partial charge in [-0.05, 0) is 32.3 Å². The molecule has 19 heavy (non-hydrogen) atoms. The fourth-order valence-corrected chi connectivity index (χ4v) is 2.86. The summed E-state index contributed by atoms with van der Waals surface area (Å²) < 4.78 is 0. The van der Waals surface area contributed by atoms with Gasteiger partial charge in [0.25, 0.3) is 0 Å². The maximum atomic E-state index is 2.21. The third kappa shape index (κ3) is 1.66. The van der Waals surface area contributed by atoms with Crippen LogP contribution in [-0.4, -0.2) is 11.0 Å². The first kappa shape index (κ1) is 11.9. The van der Waals surface area contributed by atoms with Crippen molar-refractivity contribution in [2.75, 3.05) is 0 Å². The Balaban J connectivity index is 0.00000110. The van der Waals surface area contributed by atoms with Gasteiger partial charge in [-0.15, -0.1) is 0 Å². The zero-order chi connectivity index (χ0) is 11.9. The SMILES string of the molecule is [Si].c1ccc2c(c1)c1ccccc1c1ccccc21. The maximum absolute atomic E-state index is 2.21. The predicted octanol–water partition coefficient (Wildman–Crippen LogP) is 4.77. The Morgan fingerprint density at radius 3 is 0.632 bits per heavy atom. The lowest BCUT2D eigenvalue weighted by molar-refractivity contribution is 1.77. The van der Waals surface area contributed by atoms with Crippen LogP contribution >= 0.6 is 0 Å². The minimum Gasteiger partial charge on any atom is -0.0616 e. The van der Waals surface area contributed by atoms with E-state index >= 15 is 0 Å². The molecule has 1 heteroatoms. The van der Waals surface area contributed by atoms with Gasteiger partial charge in [0.1, 0.15) is 0 Å². The van der Waals surface area contributed by atoms with Crippen molar-refractivity contribution in [1.29, 1.82) is 0 Å². The summed E-state index contributed by atoms with van der Waals surface area (Å²) >= 11 is 0. The van der Waals surface area contributed by atoms with Crippen LogP contribution in [0, 0.1) is 0 Å². The third-order valence-electron chi connectivity index (χ3n) is 3.65. The van der Waals surface area contributed by atoms with Crippen LogP contribution in [0.3, 0.4) is 0 Å². The van der Waals surface area contributed by atoms with Gasteiger partial charge in [0.15, 0.2) is 0 Å². The number of hydrogen-bond acceptors (Lipinski definition) is 0. The standard InChI is InChI=1S/C18H12.Si/c1-2-8-14-13(7-1)15-9-3-4-11-17(15)18-12-6-5-10-16(14)18;/h1-12H;. The van der Waals surface area contributed by atoms with E-state index in [2.05, 4.69) is 72.8 Å². The summed E-state index contributed by atoms with van der Waals surface area (Å²) in [6, 6.07) is 26.0. The van der Waals surface area contributed by atoms with Crippen molar-refractivity contribution in [2.24, 2.45) is 0 Å². The molecule has 0 saturated carbocycles. The van der Waals surface area contributed by atoms with Crippen molar-refractivity contribution in [3.63, 3.8) is 0 Å². The zero-order valence-electron chi connectivity index (χ0n) is 10.4. The van der Waals surface area contributed by atoms with Gasteiger partial charge in [-0.25, -0.2) is 0 Å². The Morgan fingerprint density at radius 2 is 0.474 bits per heavy atom. The molecule has 4 aromatic rings. The Bertz CT molecular complexity index is 657. The molecule has 0 aliphatic heterocycles. The lowest BCUT2D eigenvalue weighted by Gasteiger charge is -2.09. The van der Waals surface area contributed by atoms with E-state index in [-0.39, 0.29) is 11.0 Å². The summed E-state index contributed by atoms with van der Waals surface area (Å²) in [4.78, 5) is 0. The van der Waals surface area contributed by atoms with Crippen LogP contribution in [0.1, 0.15) is 0 Å². The lowest BCUT2D eigenvalue weighted by Crippen LogP contribution is -1.81. The van der Waals surface area contributed by atoms with Gasteiger partial charge < -0.3 is 0 Å².